The van der Waals surface area contributed by atoms with Crippen molar-refractivity contribution in [2.75, 3.05) is 5.32 Å². The van der Waals surface area contributed by atoms with Crippen LogP contribution in [0.15, 0.2) is 42.5 Å². The van der Waals surface area contributed by atoms with Crippen LogP contribution in [0, 0.1) is 21.7 Å². The minimum Gasteiger partial charge on any atom is -0.478 e. The van der Waals surface area contributed by atoms with Gasteiger partial charge in [-0.3, -0.25) is 14.9 Å². The van der Waals surface area contributed by atoms with E-state index in [9.17, 15) is 23.7 Å². The molecule has 0 aliphatic rings. The van der Waals surface area contributed by atoms with Crippen LogP contribution in [0.4, 0.5) is 20.2 Å². The third-order valence-electron chi connectivity index (χ3n) is 2.92. The topological polar surface area (TPSA) is 81.5 Å². The zero-order chi connectivity index (χ0) is 17.0. The maximum atomic E-state index is 13.5. The second-order valence-electron chi connectivity index (χ2n) is 4.60. The van der Waals surface area contributed by atoms with E-state index in [0.29, 0.717) is 0 Å². The van der Waals surface area contributed by atoms with Crippen LogP contribution in [-0.4, -0.2) is 16.9 Å². The molecule has 0 radical (unpaired) electrons. The molecule has 1 amide bonds. The number of anilines is 1. The van der Waals surface area contributed by atoms with E-state index in [1.807, 2.05) is 0 Å². The molecule has 0 bridgehead atoms. The summed E-state index contributed by atoms with van der Waals surface area (Å²) in [5.74, 6) is -2.39. The van der Waals surface area contributed by atoms with Crippen LogP contribution in [0.1, 0.15) is 6.92 Å². The average Bonchev–Trinajstić information content (AvgIpc) is 2.51. The van der Waals surface area contributed by atoms with Crippen molar-refractivity contribution in [3.8, 4) is 5.75 Å². The fourth-order valence-corrected chi connectivity index (χ4v) is 1.76. The number of benzene rings is 2. The average molecular weight is 322 g/mol. The number of amides is 1. The first-order valence-electron chi connectivity index (χ1n) is 6.54. The molecule has 2 rings (SSSR count). The van der Waals surface area contributed by atoms with Gasteiger partial charge in [0.05, 0.1) is 4.92 Å². The lowest BCUT2D eigenvalue weighted by molar-refractivity contribution is -0.387. The number of nitro groups is 1. The van der Waals surface area contributed by atoms with Gasteiger partial charge in [0.15, 0.2) is 17.7 Å². The Morgan fingerprint density at radius 1 is 1.22 bits per heavy atom. The number of nitrogens with one attached hydrogen (secondary N) is 1. The Hall–Kier alpha value is -3.03. The SMILES string of the molecule is C[C@H](Oc1ccccc1F)C(=O)Nc1ccc(F)c([N+](=O)[O-])c1. The van der Waals surface area contributed by atoms with Crippen LogP contribution in [-0.2, 0) is 4.79 Å². The van der Waals surface area contributed by atoms with Crippen molar-refractivity contribution in [3.63, 3.8) is 0 Å². The minimum absolute atomic E-state index is 0.0343. The van der Waals surface area contributed by atoms with E-state index in [1.165, 1.54) is 31.2 Å². The van der Waals surface area contributed by atoms with Gasteiger partial charge in [0.25, 0.3) is 5.91 Å². The van der Waals surface area contributed by atoms with E-state index in [0.717, 1.165) is 12.1 Å². The summed E-state index contributed by atoms with van der Waals surface area (Å²) in [7, 11) is 0. The van der Waals surface area contributed by atoms with Gasteiger partial charge in [-0.15, -0.1) is 0 Å². The van der Waals surface area contributed by atoms with Crippen LogP contribution in [0.3, 0.4) is 0 Å². The number of para-hydroxylation sites is 1. The van der Waals surface area contributed by atoms with Crippen molar-refractivity contribution < 1.29 is 23.2 Å². The number of hydrogen-bond donors (Lipinski definition) is 1. The van der Waals surface area contributed by atoms with Gasteiger partial charge in [-0.1, -0.05) is 12.1 Å². The lowest BCUT2D eigenvalue weighted by atomic mass is 10.2. The number of ether oxygens (including phenoxy) is 1. The molecule has 0 aromatic heterocycles. The molecule has 0 saturated carbocycles. The normalized spacial score (nSPS) is 11.6. The van der Waals surface area contributed by atoms with E-state index < -0.39 is 34.3 Å². The summed E-state index contributed by atoms with van der Waals surface area (Å²) in [6, 6.07) is 8.51. The van der Waals surface area contributed by atoms with Gasteiger partial charge in [-0.25, -0.2) is 4.39 Å². The fraction of sp³-hybridized carbons (Fsp3) is 0.133. The van der Waals surface area contributed by atoms with E-state index >= 15 is 0 Å². The number of carbonyl (C=O) groups excluding carboxylic acids is 1. The Balaban J connectivity index is 2.08. The highest BCUT2D eigenvalue weighted by Gasteiger charge is 2.19. The second kappa shape index (κ2) is 6.82. The Morgan fingerprint density at radius 3 is 2.57 bits per heavy atom. The molecule has 0 saturated heterocycles. The summed E-state index contributed by atoms with van der Waals surface area (Å²) in [6.45, 7) is 1.39. The Bertz CT molecular complexity index is 752. The predicted octanol–water partition coefficient (Wildman–Crippen LogP) is 3.28. The lowest BCUT2D eigenvalue weighted by Crippen LogP contribution is -2.30. The second-order valence-corrected chi connectivity index (χ2v) is 4.60. The number of nitro benzene ring substituents is 1. The van der Waals surface area contributed by atoms with Gasteiger partial charge >= 0.3 is 5.69 Å². The molecular weight excluding hydrogens is 310 g/mol. The molecule has 1 N–H and O–H groups in total. The quantitative estimate of drug-likeness (QED) is 0.676. The number of nitrogens with zero attached hydrogens (tertiary/aromatic N) is 1. The highest BCUT2D eigenvalue weighted by atomic mass is 19.1. The van der Waals surface area contributed by atoms with Gasteiger partial charge in [-0.2, -0.15) is 4.39 Å². The van der Waals surface area contributed by atoms with Crippen LogP contribution in [0.5, 0.6) is 5.75 Å². The van der Waals surface area contributed by atoms with Crippen LogP contribution >= 0.6 is 0 Å². The third kappa shape index (κ3) is 4.00. The summed E-state index contributed by atoms with van der Waals surface area (Å²) >= 11 is 0. The molecule has 6 nitrogen and oxygen atoms in total. The third-order valence-corrected chi connectivity index (χ3v) is 2.92. The summed E-state index contributed by atoms with van der Waals surface area (Å²) in [5.41, 5.74) is -0.724. The first-order chi connectivity index (χ1) is 10.9. The largest absolute Gasteiger partial charge is 0.478 e. The molecule has 8 heteroatoms. The number of halogens is 2. The van der Waals surface area contributed by atoms with Crippen LogP contribution in [0.25, 0.3) is 0 Å². The van der Waals surface area contributed by atoms with Crippen molar-refractivity contribution in [2.24, 2.45) is 0 Å². The van der Waals surface area contributed by atoms with E-state index in [2.05, 4.69) is 5.32 Å². The van der Waals surface area contributed by atoms with Gasteiger partial charge < -0.3 is 10.1 Å². The Morgan fingerprint density at radius 2 is 1.91 bits per heavy atom. The first-order valence-corrected chi connectivity index (χ1v) is 6.54. The molecule has 0 aliphatic heterocycles. The fourth-order valence-electron chi connectivity index (χ4n) is 1.76. The van der Waals surface area contributed by atoms with Crippen molar-refractivity contribution in [3.05, 3.63) is 64.2 Å². The zero-order valence-corrected chi connectivity index (χ0v) is 12.0. The van der Waals surface area contributed by atoms with E-state index in [-0.39, 0.29) is 11.4 Å². The maximum absolute atomic E-state index is 13.5. The molecular formula is C15H12F2N2O4. The number of hydrogen-bond acceptors (Lipinski definition) is 4. The highest BCUT2D eigenvalue weighted by molar-refractivity contribution is 5.94. The molecule has 0 aliphatic carbocycles. The highest BCUT2D eigenvalue weighted by Crippen LogP contribution is 2.22. The lowest BCUT2D eigenvalue weighted by Gasteiger charge is -2.15. The van der Waals surface area contributed by atoms with Crippen LogP contribution < -0.4 is 10.1 Å². The molecule has 2 aromatic carbocycles. The summed E-state index contributed by atoms with van der Waals surface area (Å²) in [4.78, 5) is 21.7. The van der Waals surface area contributed by atoms with Crippen molar-refractivity contribution in [1.29, 1.82) is 0 Å². The monoisotopic (exact) mass is 322 g/mol. The minimum atomic E-state index is -1.06. The number of rotatable bonds is 5. The van der Waals surface area contributed by atoms with Gasteiger partial charge in [0.1, 0.15) is 0 Å². The smallest absolute Gasteiger partial charge is 0.306 e. The molecule has 120 valence electrons. The van der Waals surface area contributed by atoms with Crippen molar-refractivity contribution >= 4 is 17.3 Å². The van der Waals surface area contributed by atoms with Gasteiger partial charge in [0.2, 0.25) is 5.82 Å². The van der Waals surface area contributed by atoms with E-state index in [4.69, 9.17) is 4.74 Å². The molecule has 0 heterocycles. The van der Waals surface area contributed by atoms with Gasteiger partial charge in [0, 0.05) is 11.8 Å². The molecule has 23 heavy (non-hydrogen) atoms. The predicted molar refractivity (Wildman–Crippen MR) is 78.2 cm³/mol. The molecule has 2 aromatic rings. The maximum Gasteiger partial charge on any atom is 0.306 e. The summed E-state index contributed by atoms with van der Waals surface area (Å²) in [5, 5.41) is 13.0. The Labute approximate surface area is 129 Å². The Kier molecular flexibility index (Phi) is 4.85. The van der Waals surface area contributed by atoms with Crippen molar-refractivity contribution in [1.82, 2.24) is 0 Å². The molecule has 0 unspecified atom stereocenters. The zero-order valence-electron chi connectivity index (χ0n) is 12.0. The summed E-state index contributed by atoms with van der Waals surface area (Å²) < 4.78 is 31.9. The van der Waals surface area contributed by atoms with Crippen molar-refractivity contribution in [2.45, 2.75) is 13.0 Å². The molecule has 0 fully saturated rings. The van der Waals surface area contributed by atoms with Gasteiger partial charge in [-0.05, 0) is 31.2 Å². The van der Waals surface area contributed by atoms with E-state index in [1.54, 1.807) is 6.07 Å². The molecule has 1 atom stereocenters. The number of carbonyl (C=O) groups is 1. The summed E-state index contributed by atoms with van der Waals surface area (Å²) in [6.07, 6.45) is -1.06. The van der Waals surface area contributed by atoms with Crippen LogP contribution in [0.2, 0.25) is 0 Å². The first kappa shape index (κ1) is 16.3. The molecule has 0 spiro atoms. The standard InChI is InChI=1S/C15H12F2N2O4/c1-9(23-14-5-3-2-4-12(14)17)15(20)18-10-6-7-11(16)13(8-10)19(21)22/h2-9H,1H3,(H,18,20)/t9-/m0/s1.